The van der Waals surface area contributed by atoms with Crippen LogP contribution in [0.3, 0.4) is 0 Å². The van der Waals surface area contributed by atoms with Crippen LogP contribution in [0.2, 0.25) is 0 Å². The Hall–Kier alpha value is -1.37. The van der Waals surface area contributed by atoms with Crippen molar-refractivity contribution in [1.82, 2.24) is 9.97 Å². The maximum absolute atomic E-state index is 10.8. The van der Waals surface area contributed by atoms with Crippen LogP contribution in [0.1, 0.15) is 0 Å². The number of aromatic hydroxyl groups is 1. The van der Waals surface area contributed by atoms with Gasteiger partial charge in [0.25, 0.3) is 5.56 Å². The van der Waals surface area contributed by atoms with Gasteiger partial charge in [0.1, 0.15) is 0 Å². The minimum absolute atomic E-state index is 0.453. The summed E-state index contributed by atoms with van der Waals surface area (Å²) in [5.41, 5.74) is -0.870. The maximum atomic E-state index is 10.8. The molecular formula is C5H6N2O4S. The summed E-state index contributed by atoms with van der Waals surface area (Å²) in [6, 6.07) is 0. The molecule has 0 bridgehead atoms. The van der Waals surface area contributed by atoms with E-state index in [0.717, 1.165) is 12.5 Å². The van der Waals surface area contributed by atoms with E-state index in [2.05, 4.69) is 4.98 Å². The van der Waals surface area contributed by atoms with Crippen LogP contribution in [0.4, 0.5) is 0 Å². The van der Waals surface area contributed by atoms with E-state index >= 15 is 0 Å². The molecule has 0 saturated carbocycles. The van der Waals surface area contributed by atoms with E-state index < -0.39 is 26.3 Å². The quantitative estimate of drug-likeness (QED) is 0.546. The minimum Gasteiger partial charge on any atom is -0.502 e. The lowest BCUT2D eigenvalue weighted by atomic mass is 10.6. The first kappa shape index (κ1) is 8.72. The highest BCUT2D eigenvalue weighted by Gasteiger charge is 2.10. The SMILES string of the molecule is CS(=O)(=O)c1ncc(O)c(=O)[nH]1. The van der Waals surface area contributed by atoms with Crippen molar-refractivity contribution in [3.8, 4) is 5.75 Å². The average Bonchev–Trinajstić information content (AvgIpc) is 1.92. The zero-order valence-electron chi connectivity index (χ0n) is 6.10. The molecule has 0 amide bonds. The zero-order chi connectivity index (χ0) is 9.35. The van der Waals surface area contributed by atoms with Crippen molar-refractivity contribution >= 4 is 9.84 Å². The number of hydrogen-bond donors (Lipinski definition) is 2. The van der Waals surface area contributed by atoms with Gasteiger partial charge in [-0.25, -0.2) is 13.4 Å². The van der Waals surface area contributed by atoms with E-state index in [1.54, 1.807) is 0 Å². The number of aromatic amines is 1. The molecule has 7 heteroatoms. The molecule has 0 aliphatic carbocycles. The third kappa shape index (κ3) is 1.62. The number of hydrogen-bond acceptors (Lipinski definition) is 5. The molecule has 0 atom stereocenters. The zero-order valence-corrected chi connectivity index (χ0v) is 6.92. The third-order valence-electron chi connectivity index (χ3n) is 1.11. The van der Waals surface area contributed by atoms with E-state index in [1.165, 1.54) is 0 Å². The van der Waals surface area contributed by atoms with Gasteiger partial charge >= 0.3 is 0 Å². The third-order valence-corrected chi connectivity index (χ3v) is 2.02. The molecule has 1 rings (SSSR count). The van der Waals surface area contributed by atoms with Gasteiger partial charge < -0.3 is 5.11 Å². The van der Waals surface area contributed by atoms with Crippen molar-refractivity contribution in [1.29, 1.82) is 0 Å². The predicted molar refractivity (Wildman–Crippen MR) is 39.6 cm³/mol. The van der Waals surface area contributed by atoms with Crippen molar-refractivity contribution < 1.29 is 13.5 Å². The Morgan fingerprint density at radius 2 is 2.17 bits per heavy atom. The van der Waals surface area contributed by atoms with Crippen LogP contribution in [-0.2, 0) is 9.84 Å². The Morgan fingerprint density at radius 3 is 2.58 bits per heavy atom. The second-order valence-electron chi connectivity index (χ2n) is 2.17. The van der Waals surface area contributed by atoms with Crippen LogP contribution >= 0.6 is 0 Å². The molecule has 12 heavy (non-hydrogen) atoms. The lowest BCUT2D eigenvalue weighted by molar-refractivity contribution is 0.459. The molecule has 0 aromatic carbocycles. The molecule has 0 saturated heterocycles. The fourth-order valence-corrected chi connectivity index (χ4v) is 1.08. The highest BCUT2D eigenvalue weighted by atomic mass is 32.2. The summed E-state index contributed by atoms with van der Waals surface area (Å²) >= 11 is 0. The molecule has 0 fully saturated rings. The van der Waals surface area contributed by atoms with Crippen LogP contribution in [0.25, 0.3) is 0 Å². The molecule has 2 N–H and O–H groups in total. The van der Waals surface area contributed by atoms with Crippen molar-refractivity contribution in [2.45, 2.75) is 5.16 Å². The molecule has 0 aliphatic heterocycles. The predicted octanol–water partition coefficient (Wildman–Crippen LogP) is -1.12. The molecule has 1 aromatic rings. The lowest BCUT2D eigenvalue weighted by Gasteiger charge is -1.95. The Balaban J connectivity index is 3.43. The molecule has 1 aromatic heterocycles. The molecular weight excluding hydrogens is 184 g/mol. The van der Waals surface area contributed by atoms with Crippen molar-refractivity contribution in [3.63, 3.8) is 0 Å². The summed E-state index contributed by atoms with van der Waals surface area (Å²) in [7, 11) is -3.52. The summed E-state index contributed by atoms with van der Waals surface area (Å²) < 4.78 is 21.6. The van der Waals surface area contributed by atoms with Gasteiger partial charge in [-0.1, -0.05) is 0 Å². The Kier molecular flexibility index (Phi) is 1.89. The van der Waals surface area contributed by atoms with Gasteiger partial charge in [-0.2, -0.15) is 0 Å². The highest BCUT2D eigenvalue weighted by molar-refractivity contribution is 7.90. The highest BCUT2D eigenvalue weighted by Crippen LogP contribution is 2.00. The smallest absolute Gasteiger partial charge is 0.293 e. The summed E-state index contributed by atoms with van der Waals surface area (Å²) in [5, 5.41) is 8.25. The number of sulfone groups is 1. The first-order valence-electron chi connectivity index (χ1n) is 2.89. The second kappa shape index (κ2) is 2.59. The summed E-state index contributed by atoms with van der Waals surface area (Å²) in [6.07, 6.45) is 1.69. The molecule has 0 spiro atoms. The number of aromatic nitrogens is 2. The van der Waals surface area contributed by atoms with Gasteiger partial charge in [0.2, 0.25) is 15.0 Å². The van der Waals surface area contributed by atoms with Gasteiger partial charge in [-0.05, 0) is 0 Å². The van der Waals surface area contributed by atoms with Gasteiger partial charge in [0.15, 0.2) is 5.75 Å². The van der Waals surface area contributed by atoms with Crippen LogP contribution in [0.5, 0.6) is 5.75 Å². The fourth-order valence-electron chi connectivity index (χ4n) is 0.560. The lowest BCUT2D eigenvalue weighted by Crippen LogP contribution is -2.13. The largest absolute Gasteiger partial charge is 0.502 e. The Morgan fingerprint density at radius 1 is 1.58 bits per heavy atom. The van der Waals surface area contributed by atoms with E-state index in [1.807, 2.05) is 4.98 Å². The van der Waals surface area contributed by atoms with E-state index in [-0.39, 0.29) is 0 Å². The molecule has 0 radical (unpaired) electrons. The monoisotopic (exact) mass is 190 g/mol. The van der Waals surface area contributed by atoms with E-state index in [4.69, 9.17) is 5.11 Å². The van der Waals surface area contributed by atoms with E-state index in [0.29, 0.717) is 0 Å². The van der Waals surface area contributed by atoms with Crippen molar-refractivity contribution in [2.24, 2.45) is 0 Å². The second-order valence-corrected chi connectivity index (χ2v) is 4.11. The molecule has 6 nitrogen and oxygen atoms in total. The van der Waals surface area contributed by atoms with Crippen LogP contribution in [-0.4, -0.2) is 29.7 Å². The molecule has 66 valence electrons. The van der Waals surface area contributed by atoms with E-state index in [9.17, 15) is 13.2 Å². The molecule has 0 aliphatic rings. The normalized spacial score (nSPS) is 11.4. The molecule has 0 unspecified atom stereocenters. The van der Waals surface area contributed by atoms with Gasteiger partial charge in [-0.15, -0.1) is 0 Å². The minimum atomic E-state index is -3.52. The van der Waals surface area contributed by atoms with Crippen molar-refractivity contribution in [2.75, 3.05) is 6.26 Å². The van der Waals surface area contributed by atoms with Gasteiger partial charge in [-0.3, -0.25) is 9.78 Å². The van der Waals surface area contributed by atoms with Crippen LogP contribution < -0.4 is 5.56 Å². The number of rotatable bonds is 1. The summed E-state index contributed by atoms with van der Waals surface area (Å²) in [4.78, 5) is 15.9. The first-order valence-corrected chi connectivity index (χ1v) is 4.79. The number of nitrogens with one attached hydrogen (secondary N) is 1. The van der Waals surface area contributed by atoms with Crippen LogP contribution in [0.15, 0.2) is 16.1 Å². The van der Waals surface area contributed by atoms with Crippen LogP contribution in [0, 0.1) is 0 Å². The average molecular weight is 190 g/mol. The van der Waals surface area contributed by atoms with Crippen molar-refractivity contribution in [3.05, 3.63) is 16.6 Å². The van der Waals surface area contributed by atoms with Gasteiger partial charge in [0.05, 0.1) is 6.20 Å². The standard InChI is InChI=1S/C5H6N2O4S/c1-12(10,11)5-6-2-3(8)4(9)7-5/h2,8H,1H3,(H,6,7,9). The molecule has 1 heterocycles. The topological polar surface area (TPSA) is 100 Å². The maximum Gasteiger partial charge on any atom is 0.293 e. The Labute approximate surface area is 67.8 Å². The Bertz CT molecular complexity index is 447. The first-order chi connectivity index (χ1) is 5.41. The van der Waals surface area contributed by atoms with Gasteiger partial charge in [0, 0.05) is 6.26 Å². The number of H-pyrrole nitrogens is 1. The number of nitrogens with zero attached hydrogens (tertiary/aromatic N) is 1. The fraction of sp³-hybridized carbons (Fsp3) is 0.200. The summed E-state index contributed by atoms with van der Waals surface area (Å²) in [6.45, 7) is 0. The summed E-state index contributed by atoms with van der Waals surface area (Å²) in [5.74, 6) is -0.609.